The monoisotopic (exact) mass is 456 g/mol. The molecule has 0 aliphatic carbocycles. The third kappa shape index (κ3) is 4.21. The molecule has 3 nitrogen and oxygen atoms in total. The molecule has 0 N–H and O–H groups in total. The summed E-state index contributed by atoms with van der Waals surface area (Å²) in [6.07, 6.45) is 0.535. The topological polar surface area (TPSA) is 27.7 Å². The van der Waals surface area contributed by atoms with Crippen LogP contribution in [-0.4, -0.2) is 0 Å². The summed E-state index contributed by atoms with van der Waals surface area (Å²) in [6, 6.07) is 17.7. The molecule has 0 fully saturated rings. The largest absolute Gasteiger partial charge is 0.490 e. The van der Waals surface area contributed by atoms with Crippen molar-refractivity contribution in [1.82, 2.24) is 0 Å². The van der Waals surface area contributed by atoms with Crippen molar-refractivity contribution in [2.75, 3.05) is 0 Å². The molecular formula is C19H12Cl3O3PS. The van der Waals surface area contributed by atoms with Crippen molar-refractivity contribution < 1.29 is 13.6 Å². The summed E-state index contributed by atoms with van der Waals surface area (Å²) in [5, 5.41) is 1.62. The fraction of sp³-hybridized carbons (Fsp3) is 0.0526. The molecule has 27 heavy (non-hydrogen) atoms. The smallest absolute Gasteiger partial charge is 0.407 e. The molecule has 138 valence electrons. The van der Waals surface area contributed by atoms with Crippen molar-refractivity contribution in [3.63, 3.8) is 0 Å². The Kier molecular flexibility index (Phi) is 5.28. The quantitative estimate of drug-likeness (QED) is 0.377. The summed E-state index contributed by atoms with van der Waals surface area (Å²) in [4.78, 5) is 0. The van der Waals surface area contributed by atoms with Crippen LogP contribution >= 0.6 is 41.5 Å². The lowest BCUT2D eigenvalue weighted by Crippen LogP contribution is -2.12. The van der Waals surface area contributed by atoms with Gasteiger partial charge in [0.1, 0.15) is 17.2 Å². The molecule has 0 saturated carbocycles. The molecule has 0 atom stereocenters. The second-order valence-electron chi connectivity index (χ2n) is 5.83. The Morgan fingerprint density at radius 3 is 1.93 bits per heavy atom. The van der Waals surface area contributed by atoms with Crippen molar-refractivity contribution in [2.24, 2.45) is 0 Å². The highest BCUT2D eigenvalue weighted by Gasteiger charge is 2.31. The Bertz CT molecular complexity index is 1020. The van der Waals surface area contributed by atoms with Crippen LogP contribution < -0.4 is 13.6 Å². The Morgan fingerprint density at radius 1 is 0.815 bits per heavy atom. The number of fused-ring (bicyclic) bond motifs is 2. The van der Waals surface area contributed by atoms with Crippen LogP contribution in [0.2, 0.25) is 15.1 Å². The minimum atomic E-state index is -3.27. The molecule has 0 saturated heterocycles. The molecule has 1 heterocycles. The van der Waals surface area contributed by atoms with Crippen molar-refractivity contribution in [3.05, 3.63) is 86.9 Å². The molecular weight excluding hydrogens is 446 g/mol. The van der Waals surface area contributed by atoms with Crippen LogP contribution in [0.5, 0.6) is 17.2 Å². The average Bonchev–Trinajstić information content (AvgIpc) is 2.61. The van der Waals surface area contributed by atoms with E-state index in [0.29, 0.717) is 38.7 Å². The van der Waals surface area contributed by atoms with Gasteiger partial charge in [0.25, 0.3) is 0 Å². The number of hydrogen-bond donors (Lipinski definition) is 0. The molecule has 0 unspecified atom stereocenters. The zero-order valence-electron chi connectivity index (χ0n) is 13.7. The lowest BCUT2D eigenvalue weighted by molar-refractivity contribution is 0.377. The molecule has 0 bridgehead atoms. The SMILES string of the molecule is S=P1(Oc2ccccc2Cl)Oc2ccc(Cl)cc2Cc2cc(Cl)ccc2O1. The van der Waals surface area contributed by atoms with E-state index in [4.69, 9.17) is 60.2 Å². The third-order valence-electron chi connectivity index (χ3n) is 3.89. The predicted octanol–water partition coefficient (Wildman–Crippen LogP) is 7.31. The summed E-state index contributed by atoms with van der Waals surface area (Å²) >= 11 is 24.2. The zero-order valence-corrected chi connectivity index (χ0v) is 17.7. The minimum absolute atomic E-state index is 0.397. The van der Waals surface area contributed by atoms with Crippen LogP contribution in [-0.2, 0) is 18.2 Å². The van der Waals surface area contributed by atoms with Crippen LogP contribution in [0.1, 0.15) is 11.1 Å². The number of hydrogen-bond acceptors (Lipinski definition) is 4. The molecule has 0 amide bonds. The first-order valence-electron chi connectivity index (χ1n) is 7.92. The molecule has 1 aliphatic rings. The molecule has 3 aromatic rings. The zero-order chi connectivity index (χ0) is 19.0. The fourth-order valence-electron chi connectivity index (χ4n) is 2.69. The molecule has 8 heteroatoms. The first kappa shape index (κ1) is 18.9. The van der Waals surface area contributed by atoms with Gasteiger partial charge in [-0.1, -0.05) is 46.9 Å². The minimum Gasteiger partial charge on any atom is -0.407 e. The van der Waals surface area contributed by atoms with Gasteiger partial charge >= 0.3 is 6.72 Å². The van der Waals surface area contributed by atoms with Crippen LogP contribution in [0, 0.1) is 0 Å². The maximum absolute atomic E-state index is 6.22. The van der Waals surface area contributed by atoms with Gasteiger partial charge in [0.15, 0.2) is 0 Å². The highest BCUT2D eigenvalue weighted by molar-refractivity contribution is 8.08. The normalized spacial score (nSPS) is 14.6. The van der Waals surface area contributed by atoms with E-state index in [0.717, 1.165) is 11.1 Å². The molecule has 1 aliphatic heterocycles. The standard InChI is InChI=1S/C19H12Cl3O3PS/c20-14-5-7-17-12(10-14)9-13-11-15(21)6-8-18(13)24-26(27,23-17)25-19-4-2-1-3-16(19)22/h1-8,10-11H,9H2. The van der Waals surface area contributed by atoms with Crippen LogP contribution in [0.15, 0.2) is 60.7 Å². The first-order chi connectivity index (χ1) is 12.9. The van der Waals surface area contributed by atoms with Gasteiger partial charge < -0.3 is 13.6 Å². The highest BCUT2D eigenvalue weighted by atomic mass is 35.5. The molecule has 0 spiro atoms. The van der Waals surface area contributed by atoms with E-state index in [1.54, 1.807) is 48.5 Å². The van der Waals surface area contributed by atoms with Crippen molar-refractivity contribution in [1.29, 1.82) is 0 Å². The van der Waals surface area contributed by atoms with Gasteiger partial charge in [-0.2, -0.15) is 0 Å². The van der Waals surface area contributed by atoms with Gasteiger partial charge in [-0.25, -0.2) is 0 Å². The van der Waals surface area contributed by atoms with Gasteiger partial charge in [0.2, 0.25) is 0 Å². The van der Waals surface area contributed by atoms with Gasteiger partial charge in [-0.05, 0) is 48.5 Å². The van der Waals surface area contributed by atoms with Gasteiger partial charge in [0, 0.05) is 39.4 Å². The van der Waals surface area contributed by atoms with E-state index in [1.807, 2.05) is 12.1 Å². The maximum atomic E-state index is 6.22. The summed E-state index contributed by atoms with van der Waals surface area (Å²) in [5.41, 5.74) is 1.73. The summed E-state index contributed by atoms with van der Waals surface area (Å²) in [7, 11) is 0. The number of para-hydroxylation sites is 1. The van der Waals surface area contributed by atoms with Gasteiger partial charge in [0.05, 0.1) is 5.02 Å². The number of halogens is 3. The third-order valence-corrected chi connectivity index (χ3v) is 6.61. The van der Waals surface area contributed by atoms with Crippen molar-refractivity contribution in [3.8, 4) is 17.2 Å². The maximum Gasteiger partial charge on any atom is 0.490 e. The van der Waals surface area contributed by atoms with E-state index in [-0.39, 0.29) is 0 Å². The summed E-state index contributed by atoms with van der Waals surface area (Å²) in [5.74, 6) is 1.51. The van der Waals surface area contributed by atoms with Crippen LogP contribution in [0.25, 0.3) is 0 Å². The lowest BCUT2D eigenvalue weighted by atomic mass is 10.0. The van der Waals surface area contributed by atoms with Gasteiger partial charge in [-0.15, -0.1) is 0 Å². The van der Waals surface area contributed by atoms with Crippen LogP contribution in [0.3, 0.4) is 0 Å². The highest BCUT2D eigenvalue weighted by Crippen LogP contribution is 2.54. The van der Waals surface area contributed by atoms with Gasteiger partial charge in [-0.3, -0.25) is 0 Å². The Labute approximate surface area is 177 Å². The van der Waals surface area contributed by atoms with Crippen molar-refractivity contribution in [2.45, 2.75) is 6.42 Å². The Hall–Kier alpha value is -1.42. The van der Waals surface area contributed by atoms with E-state index in [2.05, 4.69) is 0 Å². The van der Waals surface area contributed by atoms with E-state index >= 15 is 0 Å². The molecule has 0 radical (unpaired) electrons. The van der Waals surface area contributed by atoms with Crippen LogP contribution in [0.4, 0.5) is 0 Å². The van der Waals surface area contributed by atoms with E-state index < -0.39 is 6.72 Å². The second-order valence-corrected chi connectivity index (χ2v) is 9.90. The Morgan fingerprint density at radius 2 is 1.37 bits per heavy atom. The lowest BCUT2D eigenvalue weighted by Gasteiger charge is -2.28. The predicted molar refractivity (Wildman–Crippen MR) is 113 cm³/mol. The molecule has 4 rings (SSSR count). The summed E-state index contributed by atoms with van der Waals surface area (Å²) < 4.78 is 18.1. The number of benzene rings is 3. The van der Waals surface area contributed by atoms with E-state index in [1.165, 1.54) is 0 Å². The average molecular weight is 458 g/mol. The second kappa shape index (κ2) is 7.54. The molecule has 0 aromatic heterocycles. The van der Waals surface area contributed by atoms with E-state index in [9.17, 15) is 0 Å². The summed E-state index contributed by atoms with van der Waals surface area (Å²) in [6.45, 7) is -3.27. The number of rotatable bonds is 2. The first-order valence-corrected chi connectivity index (χ1v) is 11.6. The molecule has 3 aromatic carbocycles. The Balaban J connectivity index is 1.83. The fourth-order valence-corrected chi connectivity index (χ4v) is 5.38. The van der Waals surface area contributed by atoms with Crippen molar-refractivity contribution >= 4 is 53.3 Å².